The Kier molecular flexibility index (Phi) is 7.22. The molecule has 296 valence electrons. The van der Waals surface area contributed by atoms with Crippen molar-refractivity contribution in [3.8, 4) is 34.4 Å². The molecule has 0 atom stereocenters. The number of hydrogen-bond donors (Lipinski definition) is 0. The molecule has 0 saturated carbocycles. The molecule has 0 fully saturated rings. The summed E-state index contributed by atoms with van der Waals surface area (Å²) in [5, 5.41) is 8.12. The second kappa shape index (κ2) is 13.3. The molecule has 8 aromatic carbocycles. The van der Waals surface area contributed by atoms with Crippen molar-refractivity contribution in [3.63, 3.8) is 0 Å². The number of rotatable bonds is 5. The van der Waals surface area contributed by atoms with E-state index in [-0.39, 0.29) is 0 Å². The summed E-state index contributed by atoms with van der Waals surface area (Å²) < 4.78 is 9.53. The molecule has 1 aliphatic rings. The van der Waals surface area contributed by atoms with Gasteiger partial charge in [-0.3, -0.25) is 9.13 Å². The number of fused-ring (bicyclic) bond motifs is 14. The Balaban J connectivity index is 1.17. The molecule has 0 saturated heterocycles. The molecule has 0 radical (unpaired) electrons. The number of para-hydroxylation sites is 5. The standard InChI is InChI=1S/C58H34N6/c1-4-18-37(19-5-1)58-59-52(63-50-30-16-12-26-42(50)46-34-32-44-40-24-10-14-28-48(40)61(54(44)56(46)63)38-20-6-2-7-21-38)36-53(60-58)64-51-31-17-13-27-43(51)47-35-33-45-41-25-11-15-29-49(41)62(55(45)57(47)64)39-22-8-3-9-23-39/h1-10,12-14,16-36H. The van der Waals surface area contributed by atoms with Gasteiger partial charge in [0.1, 0.15) is 11.6 Å². The van der Waals surface area contributed by atoms with Crippen LogP contribution in [0.15, 0.2) is 206 Å². The summed E-state index contributed by atoms with van der Waals surface area (Å²) in [7, 11) is 0. The summed E-state index contributed by atoms with van der Waals surface area (Å²) in [4.78, 5) is 11.1. The zero-order chi connectivity index (χ0) is 41.9. The second-order valence-electron chi connectivity index (χ2n) is 16.4. The predicted molar refractivity (Wildman–Crippen MR) is 263 cm³/mol. The van der Waals surface area contributed by atoms with Crippen LogP contribution in [0.3, 0.4) is 0 Å². The van der Waals surface area contributed by atoms with Gasteiger partial charge >= 0.3 is 0 Å². The molecule has 6 nitrogen and oxygen atoms in total. The highest BCUT2D eigenvalue weighted by molar-refractivity contribution is 6.24. The molecule has 5 aromatic heterocycles. The van der Waals surface area contributed by atoms with E-state index in [2.05, 4.69) is 230 Å². The molecule has 14 rings (SSSR count). The monoisotopic (exact) mass is 814 g/mol. The first-order valence-electron chi connectivity index (χ1n) is 21.6. The summed E-state index contributed by atoms with van der Waals surface area (Å²) in [5.41, 5.74) is 19.5. The van der Waals surface area contributed by atoms with Gasteiger partial charge < -0.3 is 9.13 Å². The maximum Gasteiger partial charge on any atom is 0.163 e. The average molecular weight is 815 g/mol. The first-order chi connectivity index (χ1) is 31.8. The molecular formula is C58H34N6. The van der Waals surface area contributed by atoms with E-state index in [0.29, 0.717) is 5.82 Å². The van der Waals surface area contributed by atoms with E-state index < -0.39 is 0 Å². The summed E-state index contributed by atoms with van der Waals surface area (Å²) >= 11 is 0. The number of hydrogen-bond acceptors (Lipinski definition) is 2. The summed E-state index contributed by atoms with van der Waals surface area (Å²) in [6.45, 7) is 0. The van der Waals surface area contributed by atoms with Crippen LogP contribution in [0.1, 0.15) is 11.3 Å². The van der Waals surface area contributed by atoms with E-state index in [0.717, 1.165) is 105 Å². The molecular weight excluding hydrogens is 781 g/mol. The lowest BCUT2D eigenvalue weighted by Crippen LogP contribution is -2.07. The van der Waals surface area contributed by atoms with Crippen molar-refractivity contribution >= 4 is 88.5 Å². The third-order valence-electron chi connectivity index (χ3n) is 13.0. The summed E-state index contributed by atoms with van der Waals surface area (Å²) in [6.07, 6.45) is 4.11. The molecule has 13 aromatic rings. The van der Waals surface area contributed by atoms with Crippen LogP contribution in [0.4, 0.5) is 0 Å². The van der Waals surface area contributed by atoms with Crippen LogP contribution < -0.4 is 0 Å². The highest BCUT2D eigenvalue weighted by Crippen LogP contribution is 2.44. The lowest BCUT2D eigenvalue weighted by Gasteiger charge is -2.16. The van der Waals surface area contributed by atoms with Crippen molar-refractivity contribution < 1.29 is 0 Å². The molecule has 0 N–H and O–H groups in total. The Hall–Kier alpha value is -8.92. The lowest BCUT2D eigenvalue weighted by molar-refractivity contribution is 0.992. The van der Waals surface area contributed by atoms with E-state index in [4.69, 9.17) is 9.97 Å². The molecule has 0 bridgehead atoms. The zero-order valence-corrected chi connectivity index (χ0v) is 34.3. The van der Waals surface area contributed by atoms with Crippen LogP contribution in [0.5, 0.6) is 0 Å². The molecule has 1 aliphatic carbocycles. The highest BCUT2D eigenvalue weighted by atomic mass is 15.2. The number of benzene rings is 8. The van der Waals surface area contributed by atoms with Crippen molar-refractivity contribution in [2.24, 2.45) is 0 Å². The molecule has 0 unspecified atom stereocenters. The molecule has 0 spiro atoms. The third kappa shape index (κ3) is 4.81. The third-order valence-corrected chi connectivity index (χ3v) is 13.0. The second-order valence-corrected chi connectivity index (χ2v) is 16.4. The van der Waals surface area contributed by atoms with E-state index in [1.54, 1.807) is 0 Å². The van der Waals surface area contributed by atoms with Crippen LogP contribution in [0, 0.1) is 0 Å². The van der Waals surface area contributed by atoms with E-state index >= 15 is 0 Å². The van der Waals surface area contributed by atoms with E-state index in [9.17, 15) is 0 Å². The van der Waals surface area contributed by atoms with E-state index in [1.807, 2.05) is 6.07 Å². The minimum Gasteiger partial charge on any atom is -0.307 e. The van der Waals surface area contributed by atoms with E-state index in [1.165, 1.54) is 10.8 Å². The largest absolute Gasteiger partial charge is 0.307 e. The van der Waals surface area contributed by atoms with Crippen molar-refractivity contribution in [3.05, 3.63) is 217 Å². The number of aromatic nitrogens is 6. The maximum absolute atomic E-state index is 5.56. The van der Waals surface area contributed by atoms with Gasteiger partial charge in [0.2, 0.25) is 0 Å². The smallest absolute Gasteiger partial charge is 0.163 e. The summed E-state index contributed by atoms with van der Waals surface area (Å²) in [6, 6.07) is 69.1. The van der Waals surface area contributed by atoms with Gasteiger partial charge in [0.15, 0.2) is 5.82 Å². The van der Waals surface area contributed by atoms with Crippen LogP contribution >= 0.6 is 0 Å². The molecule has 0 amide bonds. The molecule has 5 heterocycles. The zero-order valence-electron chi connectivity index (χ0n) is 34.3. The first-order valence-corrected chi connectivity index (χ1v) is 21.6. The quantitative estimate of drug-likeness (QED) is 0.162. The van der Waals surface area contributed by atoms with Crippen molar-refractivity contribution in [1.29, 1.82) is 0 Å². The highest BCUT2D eigenvalue weighted by Gasteiger charge is 2.26. The van der Waals surface area contributed by atoms with Gasteiger partial charge in [0, 0.05) is 72.3 Å². The average Bonchev–Trinajstić information content (AvgIpc) is 4.10. The number of nitrogens with zero attached hydrogens (tertiary/aromatic N) is 6. The van der Waals surface area contributed by atoms with Gasteiger partial charge in [0.25, 0.3) is 0 Å². The van der Waals surface area contributed by atoms with Crippen LogP contribution in [0.25, 0.3) is 123 Å². The molecule has 64 heavy (non-hydrogen) atoms. The van der Waals surface area contributed by atoms with Gasteiger partial charge in [-0.05, 0) is 48.5 Å². The Morgan fingerprint density at radius 3 is 1.28 bits per heavy atom. The fraction of sp³-hybridized carbons (Fsp3) is 0. The Morgan fingerprint density at radius 1 is 0.328 bits per heavy atom. The van der Waals surface area contributed by atoms with Gasteiger partial charge in [-0.1, -0.05) is 157 Å². The summed E-state index contributed by atoms with van der Waals surface area (Å²) in [5.74, 6) is 2.19. The lowest BCUT2D eigenvalue weighted by atomic mass is 10.1. The SMILES string of the molecule is C1=C=Cc2c(c3ccc4c5ccccc5n(-c5cc(-n6c7ccccc7c7ccc8c9ccccc9n(-c9ccccc9)c8c76)nc(-c6ccccc6)n5)c4c3n2-c2ccccc2)C=1. The molecule has 0 aliphatic heterocycles. The minimum absolute atomic E-state index is 0.640. The predicted octanol–water partition coefficient (Wildman–Crippen LogP) is 14.2. The van der Waals surface area contributed by atoms with Gasteiger partial charge in [-0.2, -0.15) is 0 Å². The Morgan fingerprint density at radius 2 is 0.734 bits per heavy atom. The van der Waals surface area contributed by atoms with Crippen LogP contribution in [-0.2, 0) is 0 Å². The van der Waals surface area contributed by atoms with Gasteiger partial charge in [-0.15, -0.1) is 0 Å². The first kappa shape index (κ1) is 34.8. The Bertz CT molecular complexity index is 4190. The van der Waals surface area contributed by atoms with Crippen molar-refractivity contribution in [1.82, 2.24) is 28.2 Å². The topological polar surface area (TPSA) is 45.5 Å². The fourth-order valence-electron chi connectivity index (χ4n) is 10.4. The normalized spacial score (nSPS) is 12.3. The Labute approximate surface area is 366 Å². The molecule has 6 heteroatoms. The van der Waals surface area contributed by atoms with Crippen molar-refractivity contribution in [2.75, 3.05) is 0 Å². The maximum atomic E-state index is 5.56. The van der Waals surface area contributed by atoms with Gasteiger partial charge in [-0.25, -0.2) is 9.97 Å². The van der Waals surface area contributed by atoms with Crippen LogP contribution in [-0.4, -0.2) is 28.2 Å². The van der Waals surface area contributed by atoms with Gasteiger partial charge in [0.05, 0.1) is 44.3 Å². The fourth-order valence-corrected chi connectivity index (χ4v) is 10.4. The van der Waals surface area contributed by atoms with Crippen LogP contribution in [0.2, 0.25) is 0 Å². The minimum atomic E-state index is 0.640. The van der Waals surface area contributed by atoms with Crippen molar-refractivity contribution in [2.45, 2.75) is 0 Å².